The molecule has 3 aromatic heterocycles. The maximum Gasteiger partial charge on any atom is 0.333 e. The van der Waals surface area contributed by atoms with Crippen molar-refractivity contribution in [3.63, 3.8) is 0 Å². The first-order valence-corrected chi connectivity index (χ1v) is 14.7. The van der Waals surface area contributed by atoms with E-state index in [-0.39, 0.29) is 17.4 Å². The molecule has 2 aromatic carbocycles. The van der Waals surface area contributed by atoms with Gasteiger partial charge < -0.3 is 14.3 Å². The lowest BCUT2D eigenvalue weighted by Crippen LogP contribution is -2.15. The van der Waals surface area contributed by atoms with Crippen LogP contribution in [0.5, 0.6) is 5.75 Å². The number of rotatable bonds is 6. The molecule has 9 heteroatoms. The fourth-order valence-corrected chi connectivity index (χ4v) is 6.19. The number of aromatic amines is 1. The van der Waals surface area contributed by atoms with E-state index in [0.29, 0.717) is 51.0 Å². The Morgan fingerprint density at radius 2 is 1.93 bits per heavy atom. The van der Waals surface area contributed by atoms with E-state index in [4.69, 9.17) is 11.2 Å². The van der Waals surface area contributed by atoms with E-state index in [1.54, 1.807) is 6.07 Å². The molecule has 1 N–H and O–H groups in total. The average molecular weight is 558 g/mol. The number of halogens is 1. The van der Waals surface area contributed by atoms with Crippen LogP contribution >= 0.6 is 0 Å². The van der Waals surface area contributed by atoms with Gasteiger partial charge >= 0.3 is 10.2 Å². The van der Waals surface area contributed by atoms with Crippen molar-refractivity contribution in [2.45, 2.75) is 50.5 Å². The van der Waals surface area contributed by atoms with Crippen LogP contribution in [0.2, 0.25) is 0 Å². The van der Waals surface area contributed by atoms with Crippen molar-refractivity contribution in [3.05, 3.63) is 64.6 Å². The second kappa shape index (κ2) is 9.79. The topological polar surface area (TPSA) is 94.1 Å². The third-order valence-electron chi connectivity index (χ3n) is 7.58. The van der Waals surface area contributed by atoms with Crippen LogP contribution in [0.4, 0.5) is 3.89 Å². The quantitative estimate of drug-likeness (QED) is 0.190. The van der Waals surface area contributed by atoms with Crippen LogP contribution in [0.1, 0.15) is 51.1 Å². The van der Waals surface area contributed by atoms with Crippen molar-refractivity contribution in [1.82, 2.24) is 14.5 Å². The highest BCUT2D eigenvalue weighted by atomic mass is 32.3. The predicted octanol–water partition coefficient (Wildman–Crippen LogP) is 6.49. The molecule has 5 aromatic rings. The van der Waals surface area contributed by atoms with Crippen LogP contribution in [0.15, 0.2) is 58.5 Å². The highest BCUT2D eigenvalue weighted by Crippen LogP contribution is 2.40. The van der Waals surface area contributed by atoms with E-state index < -0.39 is 15.1 Å². The number of nitrogens with zero attached hydrogens (tertiary/aromatic N) is 2. The van der Waals surface area contributed by atoms with Gasteiger partial charge in [0, 0.05) is 46.0 Å². The molecule has 6 rings (SSSR count). The number of benzene rings is 2. The summed E-state index contributed by atoms with van der Waals surface area (Å²) in [7, 11) is -4.97. The minimum atomic E-state index is -4.97. The molecule has 0 radical (unpaired) electrons. The smallest absolute Gasteiger partial charge is 0.333 e. The van der Waals surface area contributed by atoms with Gasteiger partial charge in [-0.05, 0) is 49.1 Å². The SMILES string of the molecule is C#Cc1ccc2c(c1)[nH]c1c2c(=O)c2cc(OCC(C)C)c(-c3cncc(S(=O)(=O)F)c3)cc2n1C1CCCC1. The predicted molar refractivity (Wildman–Crippen MR) is 155 cm³/mol. The lowest BCUT2D eigenvalue weighted by atomic mass is 10.0. The van der Waals surface area contributed by atoms with Crippen molar-refractivity contribution in [2.75, 3.05) is 6.61 Å². The third kappa shape index (κ3) is 4.42. The van der Waals surface area contributed by atoms with Crippen LogP contribution < -0.4 is 10.2 Å². The minimum absolute atomic E-state index is 0.141. The Morgan fingerprint density at radius 1 is 1.15 bits per heavy atom. The summed E-state index contributed by atoms with van der Waals surface area (Å²) in [6.45, 7) is 4.38. The van der Waals surface area contributed by atoms with Crippen molar-refractivity contribution in [1.29, 1.82) is 0 Å². The number of aromatic nitrogens is 3. The lowest BCUT2D eigenvalue weighted by Gasteiger charge is -2.22. The van der Waals surface area contributed by atoms with Gasteiger partial charge in [-0.1, -0.05) is 38.7 Å². The number of hydrogen-bond donors (Lipinski definition) is 1. The molecule has 0 aliphatic heterocycles. The summed E-state index contributed by atoms with van der Waals surface area (Å²) in [4.78, 5) is 21.1. The summed E-state index contributed by atoms with van der Waals surface area (Å²) in [5.41, 5.74) is 3.67. The molecule has 7 nitrogen and oxygen atoms in total. The van der Waals surface area contributed by atoms with E-state index in [9.17, 15) is 17.1 Å². The summed E-state index contributed by atoms with van der Waals surface area (Å²) in [5, 5.41) is 1.88. The lowest BCUT2D eigenvalue weighted by molar-refractivity contribution is 0.272. The molecule has 0 saturated heterocycles. The van der Waals surface area contributed by atoms with Gasteiger partial charge in [0.15, 0.2) is 5.43 Å². The Bertz CT molecular complexity index is 2010. The number of hydrogen-bond acceptors (Lipinski definition) is 5. The van der Waals surface area contributed by atoms with E-state index in [0.717, 1.165) is 42.8 Å². The Hall–Kier alpha value is -4.16. The fourth-order valence-electron chi connectivity index (χ4n) is 5.73. The largest absolute Gasteiger partial charge is 0.493 e. The van der Waals surface area contributed by atoms with E-state index >= 15 is 0 Å². The monoisotopic (exact) mass is 557 g/mol. The number of H-pyrrole nitrogens is 1. The number of terminal acetylenes is 1. The molecular weight excluding hydrogens is 529 g/mol. The maximum absolute atomic E-state index is 14.1. The highest BCUT2D eigenvalue weighted by molar-refractivity contribution is 7.86. The summed E-state index contributed by atoms with van der Waals surface area (Å²) >= 11 is 0. The number of nitrogens with one attached hydrogen (secondary N) is 1. The van der Waals surface area contributed by atoms with Crippen molar-refractivity contribution >= 4 is 43.1 Å². The minimum Gasteiger partial charge on any atom is -0.493 e. The Labute approximate surface area is 231 Å². The molecular formula is C31H28FN3O4S. The fraction of sp³-hybridized carbons (Fsp3) is 0.290. The van der Waals surface area contributed by atoms with Gasteiger partial charge in [-0.15, -0.1) is 10.3 Å². The number of fused-ring (bicyclic) bond motifs is 4. The number of pyridine rings is 2. The molecule has 0 spiro atoms. The Kier molecular flexibility index (Phi) is 6.38. The zero-order chi connectivity index (χ0) is 28.2. The standard InChI is InChI=1S/C31H28FN3O4S/c1-4-19-9-10-23-26(11-19)34-31-29(23)30(36)25-14-28(39-17-18(2)3)24(13-27(25)35(31)21-7-5-6-8-21)20-12-22(16-33-15-20)40(32,37)38/h1,9-16,18,21,34H,5-8,17H2,2-3H3. The summed E-state index contributed by atoms with van der Waals surface area (Å²) in [6.07, 6.45) is 12.1. The molecule has 204 valence electrons. The van der Waals surface area contributed by atoms with E-state index in [1.165, 1.54) is 12.3 Å². The second-order valence-corrected chi connectivity index (χ2v) is 12.2. The van der Waals surface area contributed by atoms with Crippen LogP contribution in [0, 0.1) is 18.3 Å². The molecule has 0 atom stereocenters. The van der Waals surface area contributed by atoms with Gasteiger partial charge in [0.1, 0.15) is 16.3 Å². The molecule has 1 fully saturated rings. The molecule has 0 amide bonds. The van der Waals surface area contributed by atoms with E-state index in [1.807, 2.05) is 38.1 Å². The van der Waals surface area contributed by atoms with Crippen molar-refractivity contribution in [3.8, 4) is 29.2 Å². The number of ether oxygens (including phenoxy) is 1. The van der Waals surface area contributed by atoms with Gasteiger partial charge in [0.2, 0.25) is 0 Å². The van der Waals surface area contributed by atoms with Crippen molar-refractivity contribution < 1.29 is 17.0 Å². The average Bonchev–Trinajstić information content (AvgIpc) is 3.59. The van der Waals surface area contributed by atoms with Gasteiger partial charge in [0.25, 0.3) is 0 Å². The van der Waals surface area contributed by atoms with Crippen LogP contribution in [-0.4, -0.2) is 29.6 Å². The van der Waals surface area contributed by atoms with Gasteiger partial charge in [-0.2, -0.15) is 8.42 Å². The highest BCUT2D eigenvalue weighted by Gasteiger charge is 2.26. The first kappa shape index (κ1) is 26.1. The molecule has 40 heavy (non-hydrogen) atoms. The maximum atomic E-state index is 14.1. The zero-order valence-corrected chi connectivity index (χ0v) is 23.0. The van der Waals surface area contributed by atoms with Crippen LogP contribution in [-0.2, 0) is 10.2 Å². The third-order valence-corrected chi connectivity index (χ3v) is 8.37. The molecule has 3 heterocycles. The second-order valence-electron chi connectivity index (χ2n) is 10.8. The summed E-state index contributed by atoms with van der Waals surface area (Å²) in [6, 6.07) is 10.5. The summed E-state index contributed by atoms with van der Waals surface area (Å²) in [5.74, 6) is 3.25. The first-order valence-electron chi connectivity index (χ1n) is 13.3. The van der Waals surface area contributed by atoms with Gasteiger partial charge in [-0.3, -0.25) is 9.78 Å². The molecule has 0 unspecified atom stereocenters. The molecule has 0 bridgehead atoms. The zero-order valence-electron chi connectivity index (χ0n) is 22.2. The van der Waals surface area contributed by atoms with Crippen LogP contribution in [0.25, 0.3) is 44.0 Å². The normalized spacial score (nSPS) is 14.5. The van der Waals surface area contributed by atoms with Crippen LogP contribution in [0.3, 0.4) is 0 Å². The van der Waals surface area contributed by atoms with Crippen molar-refractivity contribution in [2.24, 2.45) is 5.92 Å². The Balaban J connectivity index is 1.73. The molecule has 1 aliphatic carbocycles. The summed E-state index contributed by atoms with van der Waals surface area (Å²) < 4.78 is 45.6. The van der Waals surface area contributed by atoms with E-state index in [2.05, 4.69) is 20.5 Å². The molecule has 1 aliphatic rings. The Morgan fingerprint density at radius 3 is 2.62 bits per heavy atom. The van der Waals surface area contributed by atoms with Gasteiger partial charge in [-0.25, -0.2) is 0 Å². The first-order chi connectivity index (χ1) is 19.2. The molecule has 1 saturated carbocycles. The van der Waals surface area contributed by atoms with Gasteiger partial charge in [0.05, 0.1) is 22.9 Å².